The van der Waals surface area contributed by atoms with Gasteiger partial charge in [-0.1, -0.05) is 11.3 Å². The van der Waals surface area contributed by atoms with Crippen LogP contribution in [0.15, 0.2) is 5.38 Å². The highest BCUT2D eigenvalue weighted by molar-refractivity contribution is 7.19. The summed E-state index contributed by atoms with van der Waals surface area (Å²) in [5.41, 5.74) is 0.891. The summed E-state index contributed by atoms with van der Waals surface area (Å²) in [5.74, 6) is 0. The van der Waals surface area contributed by atoms with E-state index in [1.54, 1.807) is 11.3 Å². The minimum absolute atomic E-state index is 0.810. The molecule has 0 spiro atoms. The van der Waals surface area contributed by atoms with Crippen LogP contribution in [0.2, 0.25) is 0 Å². The lowest BCUT2D eigenvalue weighted by molar-refractivity contribution is 1.08. The fourth-order valence-electron chi connectivity index (χ4n) is 0.996. The molecule has 0 aromatic carbocycles. The Kier molecular flexibility index (Phi) is 2.83. The first kappa shape index (κ1) is 10.3. The van der Waals surface area contributed by atoms with Crippen molar-refractivity contribution in [3.63, 3.8) is 0 Å². The molecule has 0 bridgehead atoms. The van der Waals surface area contributed by atoms with Crippen LogP contribution < -0.4 is 10.2 Å². The normalized spacial score (nSPS) is 10.3. The number of rotatable bonds is 3. The fourth-order valence-corrected chi connectivity index (χ4v) is 2.47. The average Bonchev–Trinajstić information content (AvgIpc) is 2.86. The highest BCUT2D eigenvalue weighted by Crippen LogP contribution is 2.29. The van der Waals surface area contributed by atoms with Crippen molar-refractivity contribution in [3.8, 4) is 10.7 Å². The molecule has 0 unspecified atom stereocenters. The Hall–Kier alpha value is -1.21. The van der Waals surface area contributed by atoms with Crippen molar-refractivity contribution in [2.75, 3.05) is 31.4 Å². The maximum atomic E-state index is 4.45. The molecule has 0 amide bonds. The van der Waals surface area contributed by atoms with Gasteiger partial charge in [0.25, 0.3) is 0 Å². The second-order valence-electron chi connectivity index (χ2n) is 3.07. The van der Waals surface area contributed by atoms with Gasteiger partial charge in [-0.05, 0) is 0 Å². The molecule has 0 radical (unpaired) electrons. The predicted molar refractivity (Wildman–Crippen MR) is 64.9 cm³/mol. The molecular formula is C8H11N5S2. The van der Waals surface area contributed by atoms with Crippen molar-refractivity contribution < 1.29 is 0 Å². The maximum absolute atomic E-state index is 4.45. The summed E-state index contributed by atoms with van der Waals surface area (Å²) >= 11 is 3.11. The van der Waals surface area contributed by atoms with Gasteiger partial charge in [-0.15, -0.1) is 21.5 Å². The maximum Gasteiger partial charge on any atom is 0.205 e. The zero-order valence-corrected chi connectivity index (χ0v) is 10.3. The van der Waals surface area contributed by atoms with E-state index in [2.05, 4.69) is 20.5 Å². The number of aromatic nitrogens is 3. The summed E-state index contributed by atoms with van der Waals surface area (Å²) < 4.78 is 0. The summed E-state index contributed by atoms with van der Waals surface area (Å²) in [5, 5.41) is 15.6. The van der Waals surface area contributed by atoms with Crippen LogP contribution >= 0.6 is 22.7 Å². The quantitative estimate of drug-likeness (QED) is 0.887. The Labute approximate surface area is 95.8 Å². The van der Waals surface area contributed by atoms with E-state index in [1.807, 2.05) is 31.4 Å². The summed E-state index contributed by atoms with van der Waals surface area (Å²) in [6.45, 7) is 0. The number of nitrogens with one attached hydrogen (secondary N) is 1. The van der Waals surface area contributed by atoms with Gasteiger partial charge < -0.3 is 10.2 Å². The Bertz CT molecular complexity index is 447. The molecule has 0 saturated heterocycles. The molecule has 5 nitrogen and oxygen atoms in total. The Morgan fingerprint density at radius 3 is 2.67 bits per heavy atom. The number of thiazole rings is 1. The van der Waals surface area contributed by atoms with Crippen LogP contribution in [0.4, 0.5) is 10.3 Å². The molecule has 2 aromatic rings. The van der Waals surface area contributed by atoms with Gasteiger partial charge in [0.1, 0.15) is 5.69 Å². The minimum atomic E-state index is 0.810. The van der Waals surface area contributed by atoms with Crippen molar-refractivity contribution in [2.45, 2.75) is 0 Å². The van der Waals surface area contributed by atoms with Crippen LogP contribution in [-0.2, 0) is 0 Å². The standard InChI is InChI=1S/C8H11N5S2/c1-9-7-12-11-6(15-7)5-4-14-8(10-5)13(2)3/h4H,1-3H3,(H,9,12). The van der Waals surface area contributed by atoms with E-state index < -0.39 is 0 Å². The number of hydrogen-bond donors (Lipinski definition) is 1. The van der Waals surface area contributed by atoms with Crippen molar-refractivity contribution >= 4 is 32.9 Å². The number of hydrogen-bond acceptors (Lipinski definition) is 7. The molecular weight excluding hydrogens is 230 g/mol. The van der Waals surface area contributed by atoms with Crippen LogP contribution in [0.3, 0.4) is 0 Å². The Morgan fingerprint density at radius 1 is 1.33 bits per heavy atom. The van der Waals surface area contributed by atoms with Gasteiger partial charge in [0.05, 0.1) is 0 Å². The molecule has 2 heterocycles. The lowest BCUT2D eigenvalue weighted by Gasteiger charge is -2.04. The summed E-state index contributed by atoms with van der Waals surface area (Å²) in [7, 11) is 5.78. The van der Waals surface area contributed by atoms with Gasteiger partial charge in [0, 0.05) is 26.5 Å². The van der Waals surface area contributed by atoms with E-state index in [1.165, 1.54) is 11.3 Å². The van der Waals surface area contributed by atoms with Gasteiger partial charge >= 0.3 is 0 Å². The third-order valence-corrected chi connectivity index (χ3v) is 3.70. The topological polar surface area (TPSA) is 53.9 Å². The van der Waals surface area contributed by atoms with Gasteiger partial charge in [-0.2, -0.15) is 0 Å². The van der Waals surface area contributed by atoms with Crippen LogP contribution in [-0.4, -0.2) is 36.3 Å². The van der Waals surface area contributed by atoms with E-state index in [-0.39, 0.29) is 0 Å². The molecule has 1 N–H and O–H groups in total. The van der Waals surface area contributed by atoms with Gasteiger partial charge in [0.15, 0.2) is 10.1 Å². The third-order valence-electron chi connectivity index (χ3n) is 1.73. The Morgan fingerprint density at radius 2 is 2.13 bits per heavy atom. The fraction of sp³-hybridized carbons (Fsp3) is 0.375. The van der Waals surface area contributed by atoms with E-state index in [0.29, 0.717) is 0 Å². The molecule has 2 aromatic heterocycles. The molecule has 0 atom stereocenters. The lowest BCUT2D eigenvalue weighted by atomic mass is 10.5. The molecule has 0 aliphatic rings. The average molecular weight is 241 g/mol. The second-order valence-corrected chi connectivity index (χ2v) is 4.89. The van der Waals surface area contributed by atoms with E-state index >= 15 is 0 Å². The first-order valence-corrected chi connectivity index (χ1v) is 6.05. The highest BCUT2D eigenvalue weighted by Gasteiger charge is 2.10. The molecule has 0 saturated carbocycles. The zero-order chi connectivity index (χ0) is 10.8. The van der Waals surface area contributed by atoms with Gasteiger partial charge in [-0.3, -0.25) is 0 Å². The molecule has 0 fully saturated rings. The smallest absolute Gasteiger partial charge is 0.205 e. The molecule has 80 valence electrons. The monoisotopic (exact) mass is 241 g/mol. The van der Waals surface area contributed by atoms with Crippen LogP contribution in [0, 0.1) is 0 Å². The van der Waals surface area contributed by atoms with Crippen LogP contribution in [0.5, 0.6) is 0 Å². The van der Waals surface area contributed by atoms with Gasteiger partial charge in [-0.25, -0.2) is 4.98 Å². The highest BCUT2D eigenvalue weighted by atomic mass is 32.1. The largest absolute Gasteiger partial charge is 0.363 e. The molecule has 2 rings (SSSR count). The van der Waals surface area contributed by atoms with E-state index in [9.17, 15) is 0 Å². The number of anilines is 2. The van der Waals surface area contributed by atoms with E-state index in [4.69, 9.17) is 0 Å². The molecule has 0 aliphatic heterocycles. The lowest BCUT2D eigenvalue weighted by Crippen LogP contribution is -2.07. The van der Waals surface area contributed by atoms with Crippen molar-refractivity contribution in [1.29, 1.82) is 0 Å². The summed E-state index contributed by atoms with van der Waals surface area (Å²) in [4.78, 5) is 6.43. The zero-order valence-electron chi connectivity index (χ0n) is 8.68. The van der Waals surface area contributed by atoms with E-state index in [0.717, 1.165) is 21.0 Å². The first-order valence-electron chi connectivity index (χ1n) is 4.35. The van der Waals surface area contributed by atoms with Crippen molar-refractivity contribution in [1.82, 2.24) is 15.2 Å². The molecule has 7 heteroatoms. The number of nitrogens with zero attached hydrogens (tertiary/aromatic N) is 4. The second kappa shape index (κ2) is 4.11. The summed E-state index contributed by atoms with van der Waals surface area (Å²) in [6.07, 6.45) is 0. The van der Waals surface area contributed by atoms with Crippen LogP contribution in [0.1, 0.15) is 0 Å². The first-order chi connectivity index (χ1) is 7.20. The molecule has 15 heavy (non-hydrogen) atoms. The van der Waals surface area contributed by atoms with Crippen LogP contribution in [0.25, 0.3) is 10.7 Å². The van der Waals surface area contributed by atoms with Crippen molar-refractivity contribution in [2.24, 2.45) is 0 Å². The van der Waals surface area contributed by atoms with Crippen molar-refractivity contribution in [3.05, 3.63) is 5.38 Å². The Balaban J connectivity index is 2.28. The summed E-state index contributed by atoms with van der Waals surface area (Å²) in [6, 6.07) is 0. The third kappa shape index (κ3) is 2.07. The minimum Gasteiger partial charge on any atom is -0.363 e. The molecule has 0 aliphatic carbocycles. The SMILES string of the molecule is CNc1nnc(-c2csc(N(C)C)n2)s1. The predicted octanol–water partition coefficient (Wildman–Crippen LogP) is 1.77. The van der Waals surface area contributed by atoms with Gasteiger partial charge in [0.2, 0.25) is 5.13 Å².